The molecule has 0 aliphatic carbocycles. The lowest BCUT2D eigenvalue weighted by Gasteiger charge is -2.24. The van der Waals surface area contributed by atoms with Gasteiger partial charge in [-0.15, -0.1) is 11.3 Å². The van der Waals surface area contributed by atoms with E-state index in [0.717, 1.165) is 6.42 Å². The summed E-state index contributed by atoms with van der Waals surface area (Å²) in [7, 11) is -0.288. The monoisotopic (exact) mass is 292 g/mol. The van der Waals surface area contributed by atoms with E-state index in [4.69, 9.17) is 5.11 Å². The molecule has 0 bridgehead atoms. The van der Waals surface area contributed by atoms with Crippen LogP contribution < -0.4 is 0 Å². The zero-order chi connectivity index (χ0) is 13.6. The second-order valence-corrected chi connectivity index (χ2v) is 7.23. The molecule has 0 unspecified atom stereocenters. The first-order chi connectivity index (χ1) is 8.48. The van der Waals surface area contributed by atoms with Crippen molar-refractivity contribution in [3.05, 3.63) is 22.4 Å². The van der Waals surface area contributed by atoms with Crippen LogP contribution in [-0.2, 0) is 16.6 Å². The van der Waals surface area contributed by atoms with Crippen LogP contribution in [0.25, 0.3) is 0 Å². The number of likely N-dealkylation sites (N-methyl/N-ethyl adjacent to an activating group) is 1. The molecule has 18 heavy (non-hydrogen) atoms. The van der Waals surface area contributed by atoms with Crippen LogP contribution in [0.4, 0.5) is 0 Å². The van der Waals surface area contributed by atoms with Gasteiger partial charge in [0.25, 0.3) is 10.2 Å². The highest BCUT2D eigenvalue weighted by Crippen LogP contribution is 2.11. The minimum atomic E-state index is -3.40. The van der Waals surface area contributed by atoms with Gasteiger partial charge in [-0.05, 0) is 24.3 Å². The summed E-state index contributed by atoms with van der Waals surface area (Å²) in [5.41, 5.74) is 0. The maximum Gasteiger partial charge on any atom is 0.281 e. The van der Waals surface area contributed by atoms with Gasteiger partial charge >= 0.3 is 0 Å². The Bertz CT molecular complexity index is 431. The van der Waals surface area contributed by atoms with Gasteiger partial charge in [0, 0.05) is 38.7 Å². The Balaban J connectivity index is 2.50. The molecule has 0 aromatic carbocycles. The summed E-state index contributed by atoms with van der Waals surface area (Å²) in [5, 5.41) is 10.7. The van der Waals surface area contributed by atoms with Gasteiger partial charge in [-0.1, -0.05) is 6.07 Å². The van der Waals surface area contributed by atoms with E-state index >= 15 is 0 Å². The summed E-state index contributed by atoms with van der Waals surface area (Å²) >= 11 is 1.63. The Morgan fingerprint density at radius 3 is 2.50 bits per heavy atom. The number of hydrogen-bond donors (Lipinski definition) is 1. The third-order valence-corrected chi connectivity index (χ3v) is 5.55. The van der Waals surface area contributed by atoms with Gasteiger partial charge in [0.15, 0.2) is 0 Å². The molecule has 5 nitrogen and oxygen atoms in total. The number of rotatable bonds is 8. The first-order valence-electron chi connectivity index (χ1n) is 5.79. The summed E-state index contributed by atoms with van der Waals surface area (Å²) in [4.78, 5) is 1.18. The van der Waals surface area contributed by atoms with Crippen molar-refractivity contribution in [2.24, 2.45) is 0 Å². The highest BCUT2D eigenvalue weighted by molar-refractivity contribution is 7.86. The summed E-state index contributed by atoms with van der Waals surface area (Å²) in [5.74, 6) is 0. The molecule has 0 fully saturated rings. The average Bonchev–Trinajstić information content (AvgIpc) is 2.85. The first-order valence-corrected chi connectivity index (χ1v) is 8.07. The summed E-state index contributed by atoms with van der Waals surface area (Å²) in [6, 6.07) is 3.96. The topological polar surface area (TPSA) is 60.9 Å². The zero-order valence-electron chi connectivity index (χ0n) is 10.7. The van der Waals surface area contributed by atoms with E-state index in [1.54, 1.807) is 18.4 Å². The molecule has 0 atom stereocenters. The molecule has 0 radical (unpaired) electrons. The fraction of sp³-hybridized carbons (Fsp3) is 0.636. The van der Waals surface area contributed by atoms with Gasteiger partial charge in [0.2, 0.25) is 0 Å². The van der Waals surface area contributed by atoms with E-state index in [1.807, 2.05) is 17.5 Å². The molecule has 1 heterocycles. The van der Waals surface area contributed by atoms with E-state index in [1.165, 1.54) is 20.5 Å². The lowest BCUT2D eigenvalue weighted by molar-refractivity contribution is 0.272. The molecular weight excluding hydrogens is 272 g/mol. The Hall–Kier alpha value is -0.470. The Kier molecular flexibility index (Phi) is 6.24. The van der Waals surface area contributed by atoms with E-state index < -0.39 is 10.2 Å². The van der Waals surface area contributed by atoms with Crippen LogP contribution in [-0.4, -0.2) is 55.9 Å². The third-order valence-electron chi connectivity index (χ3n) is 2.67. The number of hydrogen-bond acceptors (Lipinski definition) is 4. The van der Waals surface area contributed by atoms with Gasteiger partial charge in [0.1, 0.15) is 0 Å². The smallest absolute Gasteiger partial charge is 0.281 e. The second-order valence-electron chi connectivity index (χ2n) is 4.06. The van der Waals surface area contributed by atoms with Crippen molar-refractivity contribution in [1.82, 2.24) is 8.61 Å². The number of aliphatic hydroxyl groups is 1. The average molecular weight is 292 g/mol. The highest BCUT2D eigenvalue weighted by atomic mass is 32.2. The summed E-state index contributed by atoms with van der Waals surface area (Å²) < 4.78 is 26.8. The van der Waals surface area contributed by atoms with Crippen molar-refractivity contribution < 1.29 is 13.5 Å². The van der Waals surface area contributed by atoms with Gasteiger partial charge in [-0.3, -0.25) is 0 Å². The Morgan fingerprint density at radius 2 is 1.94 bits per heavy atom. The van der Waals surface area contributed by atoms with Crippen LogP contribution in [0, 0.1) is 0 Å². The number of thiophene rings is 1. The van der Waals surface area contributed by atoms with Crippen molar-refractivity contribution in [3.63, 3.8) is 0 Å². The number of nitrogens with zero attached hydrogens (tertiary/aromatic N) is 2. The molecule has 0 amide bonds. The molecule has 0 aliphatic rings. The van der Waals surface area contributed by atoms with Gasteiger partial charge < -0.3 is 5.11 Å². The fourth-order valence-corrected chi connectivity index (χ4v) is 3.34. The quantitative estimate of drug-likeness (QED) is 0.770. The normalized spacial score (nSPS) is 12.5. The maximum absolute atomic E-state index is 12.1. The highest BCUT2D eigenvalue weighted by Gasteiger charge is 2.22. The largest absolute Gasteiger partial charge is 0.396 e. The van der Waals surface area contributed by atoms with Crippen LogP contribution in [0.2, 0.25) is 0 Å². The second kappa shape index (κ2) is 7.20. The lowest BCUT2D eigenvalue weighted by atomic mass is 10.3. The van der Waals surface area contributed by atoms with Crippen molar-refractivity contribution in [1.29, 1.82) is 0 Å². The molecule has 1 rings (SSSR count). The molecule has 0 saturated carbocycles. The van der Waals surface area contributed by atoms with Gasteiger partial charge in [0.05, 0.1) is 0 Å². The van der Waals surface area contributed by atoms with Crippen LogP contribution in [0.15, 0.2) is 17.5 Å². The fourth-order valence-electron chi connectivity index (χ4n) is 1.48. The third kappa shape index (κ3) is 4.33. The minimum Gasteiger partial charge on any atom is -0.396 e. The molecule has 0 aliphatic heterocycles. The van der Waals surface area contributed by atoms with E-state index in [9.17, 15) is 8.42 Å². The molecular formula is C11H20N2O3S2. The zero-order valence-corrected chi connectivity index (χ0v) is 12.4. The Morgan fingerprint density at radius 1 is 1.28 bits per heavy atom. The van der Waals surface area contributed by atoms with Gasteiger partial charge in [-0.25, -0.2) is 0 Å². The van der Waals surface area contributed by atoms with Crippen molar-refractivity contribution >= 4 is 21.5 Å². The number of aliphatic hydroxyl groups excluding tert-OH is 1. The summed E-state index contributed by atoms with van der Waals surface area (Å²) in [6.07, 6.45) is 1.18. The maximum atomic E-state index is 12.1. The predicted molar refractivity (Wildman–Crippen MR) is 73.9 cm³/mol. The van der Waals surface area contributed by atoms with Crippen LogP contribution in [0.5, 0.6) is 0 Å². The molecule has 0 spiro atoms. The van der Waals surface area contributed by atoms with Crippen molar-refractivity contribution in [3.8, 4) is 0 Å². The molecule has 104 valence electrons. The molecule has 0 saturated heterocycles. The molecule has 1 N–H and O–H groups in total. The van der Waals surface area contributed by atoms with Crippen LogP contribution in [0.3, 0.4) is 0 Å². The predicted octanol–water partition coefficient (Wildman–Crippen LogP) is 0.781. The minimum absolute atomic E-state index is 0.00122. The standard InChI is InChI=1S/C11H20N2O3S2/c1-12(7-4-9-14)18(15,16)13(2)8-6-11-5-3-10-17-11/h3,5,10,14H,4,6-9H2,1-2H3. The van der Waals surface area contributed by atoms with Crippen molar-refractivity contribution in [2.75, 3.05) is 33.8 Å². The molecule has 1 aromatic rings. The first kappa shape index (κ1) is 15.6. The van der Waals surface area contributed by atoms with Crippen LogP contribution >= 0.6 is 11.3 Å². The summed E-state index contributed by atoms with van der Waals surface area (Å²) in [6.45, 7) is 0.799. The van der Waals surface area contributed by atoms with E-state index in [-0.39, 0.29) is 6.61 Å². The molecule has 1 aromatic heterocycles. The van der Waals surface area contributed by atoms with Crippen molar-refractivity contribution in [2.45, 2.75) is 12.8 Å². The van der Waals surface area contributed by atoms with Crippen LogP contribution in [0.1, 0.15) is 11.3 Å². The van der Waals surface area contributed by atoms with Gasteiger partial charge in [-0.2, -0.15) is 17.0 Å². The van der Waals surface area contributed by atoms with E-state index in [2.05, 4.69) is 0 Å². The lowest BCUT2D eigenvalue weighted by Crippen LogP contribution is -2.41. The SMILES string of the molecule is CN(CCCO)S(=O)(=O)N(C)CCc1cccs1. The molecule has 7 heteroatoms. The van der Waals surface area contributed by atoms with E-state index in [0.29, 0.717) is 19.5 Å². The Labute approximate surface area is 113 Å².